The summed E-state index contributed by atoms with van der Waals surface area (Å²) in [6, 6.07) is 7.97. The number of benzene rings is 1. The standard InChI is InChI=1S/C20H21N5O2S2/c1-11-6-3-4-8-14(11)25-12(2)23-24-20(25)28-10-16(26)22-19-17(18(21)27)13-7-5-9-15(13)29-19/h3-4,6,8H,5,7,9-10H2,1-2H3,(H2,21,27)(H,22,26). The van der Waals surface area contributed by atoms with Crippen molar-refractivity contribution in [1.29, 1.82) is 0 Å². The van der Waals surface area contributed by atoms with Crippen LogP contribution in [0.15, 0.2) is 29.4 Å². The van der Waals surface area contributed by atoms with Gasteiger partial charge in [0.25, 0.3) is 5.91 Å². The quantitative estimate of drug-likeness (QED) is 0.588. The van der Waals surface area contributed by atoms with Gasteiger partial charge in [0.1, 0.15) is 10.8 Å². The normalized spacial score (nSPS) is 12.8. The molecule has 1 aliphatic carbocycles. The minimum atomic E-state index is -0.484. The SMILES string of the molecule is Cc1ccccc1-n1c(C)nnc1SCC(=O)Nc1sc2c(c1C(N)=O)CCC2. The van der Waals surface area contributed by atoms with Crippen molar-refractivity contribution >= 4 is 39.9 Å². The van der Waals surface area contributed by atoms with Crippen LogP contribution in [0.25, 0.3) is 5.69 Å². The first kappa shape index (κ1) is 19.7. The summed E-state index contributed by atoms with van der Waals surface area (Å²) in [4.78, 5) is 25.6. The Balaban J connectivity index is 1.50. The van der Waals surface area contributed by atoms with Gasteiger partial charge in [-0.05, 0) is 50.3 Å². The number of para-hydroxylation sites is 1. The van der Waals surface area contributed by atoms with E-state index in [-0.39, 0.29) is 11.7 Å². The second kappa shape index (κ2) is 8.00. The molecule has 3 aromatic rings. The zero-order valence-corrected chi connectivity index (χ0v) is 17.8. The molecular weight excluding hydrogens is 406 g/mol. The van der Waals surface area contributed by atoms with Gasteiger partial charge in [0.2, 0.25) is 5.91 Å². The highest BCUT2D eigenvalue weighted by Gasteiger charge is 2.26. The Morgan fingerprint density at radius 1 is 1.24 bits per heavy atom. The molecule has 0 radical (unpaired) electrons. The third kappa shape index (κ3) is 3.79. The average molecular weight is 428 g/mol. The van der Waals surface area contributed by atoms with E-state index in [2.05, 4.69) is 15.5 Å². The number of amides is 2. The van der Waals surface area contributed by atoms with Crippen molar-refractivity contribution in [1.82, 2.24) is 14.8 Å². The number of fused-ring (bicyclic) bond motifs is 1. The molecule has 2 amide bonds. The molecule has 0 aliphatic heterocycles. The number of aromatic nitrogens is 3. The topological polar surface area (TPSA) is 103 Å². The van der Waals surface area contributed by atoms with Gasteiger partial charge in [0.05, 0.1) is 17.0 Å². The Labute approximate surface area is 176 Å². The van der Waals surface area contributed by atoms with Crippen molar-refractivity contribution in [2.45, 2.75) is 38.3 Å². The lowest BCUT2D eigenvalue weighted by atomic mass is 10.1. The Kier molecular flexibility index (Phi) is 5.42. The molecule has 0 unspecified atom stereocenters. The number of carbonyl (C=O) groups is 2. The minimum absolute atomic E-state index is 0.158. The largest absolute Gasteiger partial charge is 0.365 e. The highest BCUT2D eigenvalue weighted by Crippen LogP contribution is 2.39. The number of aryl methyl sites for hydroxylation is 3. The summed E-state index contributed by atoms with van der Waals surface area (Å²) in [7, 11) is 0. The maximum Gasteiger partial charge on any atom is 0.251 e. The van der Waals surface area contributed by atoms with Crippen LogP contribution in [0.5, 0.6) is 0 Å². The fraction of sp³-hybridized carbons (Fsp3) is 0.300. The van der Waals surface area contributed by atoms with Crippen LogP contribution in [0.3, 0.4) is 0 Å². The number of nitrogens with one attached hydrogen (secondary N) is 1. The van der Waals surface area contributed by atoms with Crippen molar-refractivity contribution in [3.05, 3.63) is 51.7 Å². The van der Waals surface area contributed by atoms with Gasteiger partial charge in [-0.1, -0.05) is 30.0 Å². The van der Waals surface area contributed by atoms with E-state index in [1.807, 2.05) is 42.7 Å². The molecule has 29 heavy (non-hydrogen) atoms. The van der Waals surface area contributed by atoms with Crippen LogP contribution in [0, 0.1) is 13.8 Å². The van der Waals surface area contributed by atoms with Crippen LogP contribution in [0.2, 0.25) is 0 Å². The summed E-state index contributed by atoms with van der Waals surface area (Å²) >= 11 is 2.77. The van der Waals surface area contributed by atoms with Gasteiger partial charge in [-0.25, -0.2) is 0 Å². The van der Waals surface area contributed by atoms with E-state index in [0.717, 1.165) is 46.8 Å². The number of carbonyl (C=O) groups excluding carboxylic acids is 2. The highest BCUT2D eigenvalue weighted by molar-refractivity contribution is 7.99. The molecule has 0 spiro atoms. The lowest BCUT2D eigenvalue weighted by Crippen LogP contribution is -2.19. The summed E-state index contributed by atoms with van der Waals surface area (Å²) in [6.07, 6.45) is 2.80. The molecule has 7 nitrogen and oxygen atoms in total. The second-order valence-corrected chi connectivity index (χ2v) is 8.96. The molecule has 1 aromatic carbocycles. The Bertz CT molecular complexity index is 1100. The molecule has 150 valence electrons. The van der Waals surface area contributed by atoms with E-state index in [1.54, 1.807) is 0 Å². The maximum atomic E-state index is 12.6. The van der Waals surface area contributed by atoms with Gasteiger partial charge in [-0.3, -0.25) is 14.2 Å². The maximum absolute atomic E-state index is 12.6. The summed E-state index contributed by atoms with van der Waals surface area (Å²) in [6.45, 7) is 3.91. The fourth-order valence-electron chi connectivity index (χ4n) is 3.57. The second-order valence-electron chi connectivity index (χ2n) is 6.91. The van der Waals surface area contributed by atoms with Gasteiger partial charge >= 0.3 is 0 Å². The lowest BCUT2D eigenvalue weighted by Gasteiger charge is -2.11. The fourth-order valence-corrected chi connectivity index (χ4v) is 5.68. The molecular formula is C20H21N5O2S2. The summed E-state index contributed by atoms with van der Waals surface area (Å²) in [5.41, 5.74) is 9.12. The highest BCUT2D eigenvalue weighted by atomic mass is 32.2. The molecule has 0 bridgehead atoms. The van der Waals surface area contributed by atoms with E-state index >= 15 is 0 Å². The van der Waals surface area contributed by atoms with Gasteiger partial charge in [0.15, 0.2) is 5.16 Å². The number of rotatable bonds is 6. The van der Waals surface area contributed by atoms with Crippen LogP contribution >= 0.6 is 23.1 Å². The van der Waals surface area contributed by atoms with Crippen LogP contribution in [0.4, 0.5) is 5.00 Å². The molecule has 9 heteroatoms. The Morgan fingerprint density at radius 2 is 2.03 bits per heavy atom. The van der Waals surface area contributed by atoms with E-state index in [1.165, 1.54) is 23.1 Å². The molecule has 2 aromatic heterocycles. The summed E-state index contributed by atoms with van der Waals surface area (Å²) in [5, 5.41) is 12.5. The molecule has 0 saturated carbocycles. The van der Waals surface area contributed by atoms with Crippen molar-refractivity contribution < 1.29 is 9.59 Å². The average Bonchev–Trinajstić information content (AvgIpc) is 3.35. The van der Waals surface area contributed by atoms with Gasteiger partial charge in [0, 0.05) is 4.88 Å². The first-order valence-electron chi connectivity index (χ1n) is 9.30. The number of primary amides is 1. The Morgan fingerprint density at radius 3 is 2.79 bits per heavy atom. The zero-order chi connectivity index (χ0) is 20.5. The Hall–Kier alpha value is -2.65. The number of hydrogen-bond donors (Lipinski definition) is 2. The molecule has 2 heterocycles. The van der Waals surface area contributed by atoms with Crippen LogP contribution < -0.4 is 11.1 Å². The number of nitrogens with zero attached hydrogens (tertiary/aromatic N) is 3. The smallest absolute Gasteiger partial charge is 0.251 e. The van der Waals surface area contributed by atoms with Crippen molar-refractivity contribution in [3.8, 4) is 5.69 Å². The van der Waals surface area contributed by atoms with Crippen molar-refractivity contribution in [2.75, 3.05) is 11.1 Å². The number of hydrogen-bond acceptors (Lipinski definition) is 6. The van der Waals surface area contributed by atoms with Crippen LogP contribution in [0.1, 0.15) is 38.6 Å². The predicted molar refractivity (Wildman–Crippen MR) is 115 cm³/mol. The molecule has 4 rings (SSSR count). The third-order valence-corrected chi connectivity index (χ3v) is 7.04. The van der Waals surface area contributed by atoms with E-state index < -0.39 is 5.91 Å². The monoisotopic (exact) mass is 427 g/mol. The molecule has 3 N–H and O–H groups in total. The van der Waals surface area contributed by atoms with Crippen LogP contribution in [-0.4, -0.2) is 32.3 Å². The third-order valence-electron chi connectivity index (χ3n) is 4.90. The van der Waals surface area contributed by atoms with Crippen LogP contribution in [-0.2, 0) is 17.6 Å². The number of thiophene rings is 1. The molecule has 0 atom stereocenters. The lowest BCUT2D eigenvalue weighted by molar-refractivity contribution is -0.113. The van der Waals surface area contributed by atoms with E-state index in [9.17, 15) is 9.59 Å². The predicted octanol–water partition coefficient (Wildman–Crippen LogP) is 3.26. The first-order valence-corrected chi connectivity index (χ1v) is 11.1. The van der Waals surface area contributed by atoms with Crippen molar-refractivity contribution in [3.63, 3.8) is 0 Å². The van der Waals surface area contributed by atoms with Crippen molar-refractivity contribution in [2.24, 2.45) is 5.73 Å². The van der Waals surface area contributed by atoms with Gasteiger partial charge in [-0.15, -0.1) is 21.5 Å². The first-order chi connectivity index (χ1) is 14.0. The van der Waals surface area contributed by atoms with E-state index in [0.29, 0.717) is 15.7 Å². The molecule has 0 fully saturated rings. The summed E-state index contributed by atoms with van der Waals surface area (Å²) in [5.74, 6) is 0.231. The molecule has 0 saturated heterocycles. The summed E-state index contributed by atoms with van der Waals surface area (Å²) < 4.78 is 1.95. The van der Waals surface area contributed by atoms with Gasteiger partial charge < -0.3 is 11.1 Å². The number of thioether (sulfide) groups is 1. The number of nitrogens with two attached hydrogens (primary N) is 1. The number of anilines is 1. The zero-order valence-electron chi connectivity index (χ0n) is 16.2. The minimum Gasteiger partial charge on any atom is -0.365 e. The van der Waals surface area contributed by atoms with E-state index in [4.69, 9.17) is 5.73 Å². The molecule has 1 aliphatic rings. The van der Waals surface area contributed by atoms with Gasteiger partial charge in [-0.2, -0.15) is 0 Å².